The highest BCUT2D eigenvalue weighted by atomic mass is 32.2. The summed E-state index contributed by atoms with van der Waals surface area (Å²) < 4.78 is 27.0. The van der Waals surface area contributed by atoms with Crippen LogP contribution in [0.15, 0.2) is 59.5 Å². The lowest BCUT2D eigenvalue weighted by Gasteiger charge is -2.22. The zero-order valence-electron chi connectivity index (χ0n) is 13.6. The number of anilines is 1. The number of para-hydroxylation sites is 1. The summed E-state index contributed by atoms with van der Waals surface area (Å²) in [6, 6.07) is 16.1. The van der Waals surface area contributed by atoms with E-state index in [1.165, 1.54) is 4.31 Å². The van der Waals surface area contributed by atoms with Crippen LogP contribution in [0.2, 0.25) is 0 Å². The van der Waals surface area contributed by atoms with Crippen molar-refractivity contribution >= 4 is 21.6 Å². The van der Waals surface area contributed by atoms with Crippen LogP contribution in [0, 0.1) is 6.92 Å². The van der Waals surface area contributed by atoms with E-state index in [0.717, 1.165) is 11.3 Å². The number of hydrogen-bond donors (Lipinski definition) is 0. The molecule has 0 aromatic heterocycles. The third-order valence-electron chi connectivity index (χ3n) is 4.10. The Balaban J connectivity index is 1.85. The highest BCUT2D eigenvalue weighted by molar-refractivity contribution is 7.89. The molecule has 0 spiro atoms. The number of benzene rings is 2. The Kier molecular flexibility index (Phi) is 4.69. The van der Waals surface area contributed by atoms with E-state index in [9.17, 15) is 13.2 Å². The monoisotopic (exact) mass is 344 g/mol. The first-order valence-electron chi connectivity index (χ1n) is 7.91. The van der Waals surface area contributed by atoms with Crippen molar-refractivity contribution in [2.75, 3.05) is 24.5 Å². The van der Waals surface area contributed by atoms with Crippen LogP contribution < -0.4 is 4.90 Å². The number of rotatable bonds is 3. The van der Waals surface area contributed by atoms with E-state index in [0.29, 0.717) is 19.5 Å². The van der Waals surface area contributed by atoms with Crippen LogP contribution in [0.4, 0.5) is 5.69 Å². The van der Waals surface area contributed by atoms with Gasteiger partial charge in [-0.15, -0.1) is 0 Å². The Labute approximate surface area is 142 Å². The number of carbonyl (C=O) groups is 1. The molecule has 24 heavy (non-hydrogen) atoms. The van der Waals surface area contributed by atoms with Crippen molar-refractivity contribution in [3.8, 4) is 0 Å². The molecule has 0 atom stereocenters. The van der Waals surface area contributed by atoms with Crippen molar-refractivity contribution in [1.82, 2.24) is 4.31 Å². The maximum atomic E-state index is 12.8. The molecule has 0 aliphatic carbocycles. The molecule has 1 saturated heterocycles. The van der Waals surface area contributed by atoms with Gasteiger partial charge < -0.3 is 4.90 Å². The molecule has 1 aliphatic rings. The summed E-state index contributed by atoms with van der Waals surface area (Å²) >= 11 is 0. The maximum absolute atomic E-state index is 12.8. The van der Waals surface area contributed by atoms with E-state index >= 15 is 0 Å². The first-order chi connectivity index (χ1) is 11.5. The predicted molar refractivity (Wildman–Crippen MR) is 93.3 cm³/mol. The lowest BCUT2D eigenvalue weighted by molar-refractivity contribution is -0.118. The van der Waals surface area contributed by atoms with E-state index in [-0.39, 0.29) is 17.3 Å². The predicted octanol–water partition coefficient (Wildman–Crippen LogP) is 2.42. The highest BCUT2D eigenvalue weighted by Gasteiger charge is 2.31. The summed E-state index contributed by atoms with van der Waals surface area (Å²) in [5, 5.41) is 0. The molecule has 0 saturated carbocycles. The van der Waals surface area contributed by atoms with Gasteiger partial charge in [0.1, 0.15) is 0 Å². The maximum Gasteiger partial charge on any atom is 0.243 e. The van der Waals surface area contributed by atoms with Crippen LogP contribution in [0.25, 0.3) is 0 Å². The average molecular weight is 344 g/mol. The summed E-state index contributed by atoms with van der Waals surface area (Å²) in [6.07, 6.45) is 0.603. The number of sulfonamides is 1. The molecular weight excluding hydrogens is 324 g/mol. The summed E-state index contributed by atoms with van der Waals surface area (Å²) in [5.41, 5.74) is 1.68. The average Bonchev–Trinajstić information content (AvgIpc) is 2.78. The fraction of sp³-hybridized carbons (Fsp3) is 0.278. The van der Waals surface area contributed by atoms with Gasteiger partial charge in [0.05, 0.1) is 11.4 Å². The van der Waals surface area contributed by atoms with Crippen molar-refractivity contribution in [2.45, 2.75) is 18.2 Å². The van der Waals surface area contributed by atoms with Crippen LogP contribution in [0.1, 0.15) is 12.0 Å². The summed E-state index contributed by atoms with van der Waals surface area (Å²) in [6.45, 7) is 2.57. The molecule has 0 bridgehead atoms. The molecule has 3 rings (SSSR count). The third kappa shape index (κ3) is 3.34. The van der Waals surface area contributed by atoms with Crippen LogP contribution in [-0.4, -0.2) is 38.3 Å². The lowest BCUT2D eigenvalue weighted by Crippen LogP contribution is -2.39. The second kappa shape index (κ2) is 6.75. The molecule has 2 aromatic carbocycles. The van der Waals surface area contributed by atoms with Gasteiger partial charge in [0.2, 0.25) is 15.9 Å². The van der Waals surface area contributed by atoms with Crippen molar-refractivity contribution in [3.05, 3.63) is 60.2 Å². The first-order valence-corrected chi connectivity index (χ1v) is 9.35. The number of aryl methyl sites for hydroxylation is 1. The second-order valence-corrected chi connectivity index (χ2v) is 7.83. The molecule has 2 aromatic rings. The third-order valence-corrected chi connectivity index (χ3v) is 5.94. The zero-order valence-corrected chi connectivity index (χ0v) is 14.4. The molecule has 1 fully saturated rings. The minimum absolute atomic E-state index is 0.134. The Morgan fingerprint density at radius 1 is 0.958 bits per heavy atom. The van der Waals surface area contributed by atoms with Gasteiger partial charge in [-0.05, 0) is 43.2 Å². The summed E-state index contributed by atoms with van der Waals surface area (Å²) in [5.74, 6) is -0.199. The molecule has 0 radical (unpaired) electrons. The van der Waals surface area contributed by atoms with Gasteiger partial charge >= 0.3 is 0 Å². The normalized spacial score (nSPS) is 16.9. The van der Waals surface area contributed by atoms with E-state index in [4.69, 9.17) is 0 Å². The van der Waals surface area contributed by atoms with Gasteiger partial charge in [-0.1, -0.05) is 30.3 Å². The minimum Gasteiger partial charge on any atom is -0.311 e. The highest BCUT2D eigenvalue weighted by Crippen LogP contribution is 2.22. The van der Waals surface area contributed by atoms with Gasteiger partial charge in [-0.25, -0.2) is 8.42 Å². The van der Waals surface area contributed by atoms with Crippen LogP contribution in [-0.2, 0) is 14.8 Å². The van der Waals surface area contributed by atoms with Crippen molar-refractivity contribution < 1.29 is 13.2 Å². The summed E-state index contributed by atoms with van der Waals surface area (Å²) in [7, 11) is -3.66. The summed E-state index contributed by atoms with van der Waals surface area (Å²) in [4.78, 5) is 14.5. The topological polar surface area (TPSA) is 57.7 Å². The molecule has 0 N–H and O–H groups in total. The molecule has 1 amide bonds. The molecule has 126 valence electrons. The van der Waals surface area contributed by atoms with Crippen LogP contribution >= 0.6 is 0 Å². The quantitative estimate of drug-likeness (QED) is 0.859. The van der Waals surface area contributed by atoms with E-state index < -0.39 is 10.0 Å². The first kappa shape index (κ1) is 16.7. The Morgan fingerprint density at radius 3 is 2.42 bits per heavy atom. The van der Waals surface area contributed by atoms with Crippen molar-refractivity contribution in [2.24, 2.45) is 0 Å². The SMILES string of the molecule is Cc1cccc(S(=O)(=O)N2CCCN(c3ccccc3)C(=O)C2)c1. The molecular formula is C18H20N2O3S. The molecule has 6 heteroatoms. The number of hydrogen-bond acceptors (Lipinski definition) is 3. The number of carbonyl (C=O) groups excluding carboxylic acids is 1. The number of nitrogens with zero attached hydrogens (tertiary/aromatic N) is 2. The van der Waals surface area contributed by atoms with Gasteiger partial charge in [0.25, 0.3) is 0 Å². The second-order valence-electron chi connectivity index (χ2n) is 5.89. The Hall–Kier alpha value is -2.18. The minimum atomic E-state index is -3.66. The van der Waals surface area contributed by atoms with Gasteiger partial charge in [-0.2, -0.15) is 4.31 Å². The smallest absolute Gasteiger partial charge is 0.243 e. The zero-order chi connectivity index (χ0) is 17.2. The van der Waals surface area contributed by atoms with E-state index in [1.807, 2.05) is 43.3 Å². The largest absolute Gasteiger partial charge is 0.311 e. The van der Waals surface area contributed by atoms with Crippen molar-refractivity contribution in [3.63, 3.8) is 0 Å². The van der Waals surface area contributed by atoms with E-state index in [2.05, 4.69) is 0 Å². The van der Waals surface area contributed by atoms with Gasteiger partial charge in [0.15, 0.2) is 0 Å². The lowest BCUT2D eigenvalue weighted by atomic mass is 10.2. The molecule has 1 heterocycles. The molecule has 5 nitrogen and oxygen atoms in total. The van der Waals surface area contributed by atoms with Crippen molar-refractivity contribution in [1.29, 1.82) is 0 Å². The van der Waals surface area contributed by atoms with Crippen LogP contribution in [0.5, 0.6) is 0 Å². The fourth-order valence-corrected chi connectivity index (χ4v) is 4.39. The Morgan fingerprint density at radius 2 is 1.71 bits per heavy atom. The van der Waals surface area contributed by atoms with Gasteiger partial charge in [0, 0.05) is 18.8 Å². The standard InChI is InChI=1S/C18H20N2O3S/c1-15-7-5-10-17(13-15)24(22,23)19-11-6-12-20(18(21)14-19)16-8-3-2-4-9-16/h2-5,7-10,13H,6,11-12,14H2,1H3. The van der Waals surface area contributed by atoms with Crippen LogP contribution in [0.3, 0.4) is 0 Å². The Bertz CT molecular complexity index is 834. The van der Waals surface area contributed by atoms with E-state index in [1.54, 1.807) is 23.1 Å². The fourth-order valence-electron chi connectivity index (χ4n) is 2.86. The molecule has 0 unspecified atom stereocenters. The molecule has 1 aliphatic heterocycles. The van der Waals surface area contributed by atoms with Gasteiger partial charge in [-0.3, -0.25) is 4.79 Å². The number of amides is 1.